The summed E-state index contributed by atoms with van der Waals surface area (Å²) in [6.07, 6.45) is 1.13. The van der Waals surface area contributed by atoms with E-state index in [1.54, 1.807) is 11.3 Å². The highest BCUT2D eigenvalue weighted by Gasteiger charge is 2.37. The molecule has 1 aliphatic rings. The molecule has 13 heavy (non-hydrogen) atoms. The molecule has 1 fully saturated rings. The van der Waals surface area contributed by atoms with Gasteiger partial charge in [0.1, 0.15) is 0 Å². The Balaban J connectivity index is 2.26. The molecule has 0 radical (unpaired) electrons. The van der Waals surface area contributed by atoms with Gasteiger partial charge in [0.25, 0.3) is 0 Å². The number of rotatable bonds is 2. The van der Waals surface area contributed by atoms with E-state index in [1.165, 1.54) is 4.88 Å². The Bertz CT molecular complexity index is 319. The summed E-state index contributed by atoms with van der Waals surface area (Å²) in [6.45, 7) is 2.07. The average Bonchev–Trinajstić information content (AvgIpc) is 2.60. The van der Waals surface area contributed by atoms with Gasteiger partial charge >= 0.3 is 0 Å². The first kappa shape index (κ1) is 8.97. The summed E-state index contributed by atoms with van der Waals surface area (Å²) in [5, 5.41) is 1.09. The molecule has 3 nitrogen and oxygen atoms in total. The maximum Gasteiger partial charge on any atom is 0.185 e. The Hall–Kier alpha value is -0.610. The minimum absolute atomic E-state index is 0.383. The monoisotopic (exact) mass is 197 g/mol. The Morgan fingerprint density at radius 1 is 1.54 bits per heavy atom. The van der Waals surface area contributed by atoms with E-state index < -0.39 is 0 Å². The van der Waals surface area contributed by atoms with Crippen LogP contribution in [0.15, 0.2) is 0 Å². The quantitative estimate of drug-likeness (QED) is 0.777. The van der Waals surface area contributed by atoms with Crippen LogP contribution in [0.25, 0.3) is 0 Å². The van der Waals surface area contributed by atoms with Gasteiger partial charge in [0.05, 0.1) is 5.69 Å². The molecule has 0 aromatic carbocycles. The fourth-order valence-corrected chi connectivity index (χ4v) is 2.62. The van der Waals surface area contributed by atoms with Crippen LogP contribution in [0.5, 0.6) is 0 Å². The zero-order chi connectivity index (χ0) is 9.59. The van der Waals surface area contributed by atoms with E-state index in [9.17, 15) is 0 Å². The van der Waals surface area contributed by atoms with Crippen molar-refractivity contribution < 1.29 is 0 Å². The molecule has 72 valence electrons. The molecule has 2 rings (SSSR count). The van der Waals surface area contributed by atoms with E-state index in [4.69, 9.17) is 5.73 Å². The van der Waals surface area contributed by atoms with Crippen LogP contribution in [-0.2, 0) is 0 Å². The lowest BCUT2D eigenvalue weighted by atomic mass is 10.3. The number of anilines is 1. The lowest BCUT2D eigenvalue weighted by Gasteiger charge is -2.05. The van der Waals surface area contributed by atoms with Crippen molar-refractivity contribution in [3.8, 4) is 0 Å². The molecule has 2 N–H and O–H groups in total. The van der Waals surface area contributed by atoms with Gasteiger partial charge in [-0.2, -0.15) is 0 Å². The number of aromatic nitrogens is 1. The third kappa shape index (κ3) is 1.56. The predicted octanol–water partition coefficient (Wildman–Crippen LogP) is 1.33. The smallest absolute Gasteiger partial charge is 0.185 e. The lowest BCUT2D eigenvalue weighted by molar-refractivity contribution is 0.988. The van der Waals surface area contributed by atoms with Crippen LogP contribution in [0.3, 0.4) is 0 Å². The summed E-state index contributed by atoms with van der Waals surface area (Å²) in [5.74, 6) is 0.589. The number of hydrogen-bond acceptors (Lipinski definition) is 4. The van der Waals surface area contributed by atoms with Crippen LogP contribution >= 0.6 is 11.3 Å². The minimum Gasteiger partial charge on any atom is -0.354 e. The number of nitrogens with zero attached hydrogens (tertiary/aromatic N) is 2. The van der Waals surface area contributed by atoms with Crippen LogP contribution in [-0.4, -0.2) is 25.1 Å². The van der Waals surface area contributed by atoms with Crippen LogP contribution in [0.2, 0.25) is 0 Å². The molecule has 1 saturated carbocycles. The van der Waals surface area contributed by atoms with Crippen LogP contribution in [0.4, 0.5) is 5.13 Å². The zero-order valence-corrected chi connectivity index (χ0v) is 9.06. The normalized spacial score (nSPS) is 26.2. The highest BCUT2D eigenvalue weighted by molar-refractivity contribution is 7.15. The molecule has 0 spiro atoms. The van der Waals surface area contributed by atoms with Crippen molar-refractivity contribution in [2.24, 2.45) is 5.73 Å². The van der Waals surface area contributed by atoms with Crippen molar-refractivity contribution in [3.63, 3.8) is 0 Å². The van der Waals surface area contributed by atoms with Crippen molar-refractivity contribution in [2.75, 3.05) is 19.0 Å². The molecule has 1 aromatic rings. The van der Waals surface area contributed by atoms with Crippen LogP contribution < -0.4 is 10.6 Å². The van der Waals surface area contributed by atoms with Crippen molar-refractivity contribution in [3.05, 3.63) is 10.6 Å². The third-order valence-corrected chi connectivity index (χ3v) is 3.84. The molecule has 0 saturated heterocycles. The summed E-state index contributed by atoms with van der Waals surface area (Å²) < 4.78 is 0. The molecule has 1 heterocycles. The number of thiazole rings is 1. The molecule has 0 amide bonds. The molecular formula is C9H15N3S. The second-order valence-corrected chi connectivity index (χ2v) is 4.86. The van der Waals surface area contributed by atoms with Crippen LogP contribution in [0.1, 0.15) is 22.9 Å². The Labute approximate surface area is 82.6 Å². The van der Waals surface area contributed by atoms with Gasteiger partial charge in [0.2, 0.25) is 0 Å². The Kier molecular flexibility index (Phi) is 2.04. The van der Waals surface area contributed by atoms with E-state index >= 15 is 0 Å². The number of nitrogens with two attached hydrogens (primary N) is 1. The van der Waals surface area contributed by atoms with Gasteiger partial charge < -0.3 is 10.6 Å². The minimum atomic E-state index is 0.383. The first-order valence-corrected chi connectivity index (χ1v) is 5.31. The Morgan fingerprint density at radius 3 is 2.54 bits per heavy atom. The molecular weight excluding hydrogens is 182 g/mol. The standard InChI is InChI=1S/C9H15N3S/c1-5-8(6-4-7(6)10)13-9(11-5)12(2)3/h6-7H,4,10H2,1-3H3/t6-,7-/m1/s1. The number of aryl methyl sites for hydroxylation is 1. The van der Waals surface area contributed by atoms with Gasteiger partial charge in [0.15, 0.2) is 5.13 Å². The average molecular weight is 197 g/mol. The zero-order valence-electron chi connectivity index (χ0n) is 8.24. The van der Waals surface area contributed by atoms with E-state index in [-0.39, 0.29) is 0 Å². The van der Waals surface area contributed by atoms with E-state index in [0.29, 0.717) is 12.0 Å². The molecule has 0 aliphatic heterocycles. The third-order valence-electron chi connectivity index (χ3n) is 2.38. The van der Waals surface area contributed by atoms with Gasteiger partial charge in [-0.25, -0.2) is 4.98 Å². The molecule has 1 aliphatic carbocycles. The highest BCUT2D eigenvalue weighted by Crippen LogP contribution is 2.44. The van der Waals surface area contributed by atoms with Gasteiger partial charge in [-0.05, 0) is 13.3 Å². The van der Waals surface area contributed by atoms with E-state index in [0.717, 1.165) is 17.2 Å². The highest BCUT2D eigenvalue weighted by atomic mass is 32.1. The lowest BCUT2D eigenvalue weighted by Crippen LogP contribution is -2.07. The molecule has 2 atom stereocenters. The van der Waals surface area contributed by atoms with Crippen LogP contribution in [0, 0.1) is 6.92 Å². The topological polar surface area (TPSA) is 42.2 Å². The number of hydrogen-bond donors (Lipinski definition) is 1. The summed E-state index contributed by atoms with van der Waals surface area (Å²) >= 11 is 1.78. The SMILES string of the molecule is Cc1nc(N(C)C)sc1[C@@H]1C[C@H]1N. The second-order valence-electron chi connectivity index (χ2n) is 3.85. The Morgan fingerprint density at radius 2 is 2.15 bits per heavy atom. The molecule has 0 unspecified atom stereocenters. The van der Waals surface area contributed by atoms with Gasteiger partial charge in [-0.1, -0.05) is 0 Å². The first-order valence-electron chi connectivity index (χ1n) is 4.50. The van der Waals surface area contributed by atoms with Gasteiger partial charge in [-0.3, -0.25) is 0 Å². The second kappa shape index (κ2) is 2.96. The van der Waals surface area contributed by atoms with Crippen molar-refractivity contribution in [2.45, 2.75) is 25.3 Å². The molecule has 1 aromatic heterocycles. The maximum atomic E-state index is 5.82. The van der Waals surface area contributed by atoms with E-state index in [2.05, 4.69) is 16.8 Å². The molecule has 4 heteroatoms. The summed E-state index contributed by atoms with van der Waals surface area (Å²) in [6, 6.07) is 0.383. The molecule has 0 bridgehead atoms. The first-order chi connectivity index (χ1) is 6.09. The fraction of sp³-hybridized carbons (Fsp3) is 0.667. The predicted molar refractivity (Wildman–Crippen MR) is 56.5 cm³/mol. The van der Waals surface area contributed by atoms with Crippen molar-refractivity contribution in [1.82, 2.24) is 4.98 Å². The van der Waals surface area contributed by atoms with E-state index in [1.807, 2.05) is 14.1 Å². The van der Waals surface area contributed by atoms with Gasteiger partial charge in [0, 0.05) is 30.9 Å². The largest absolute Gasteiger partial charge is 0.354 e. The maximum absolute atomic E-state index is 5.82. The summed E-state index contributed by atoms with van der Waals surface area (Å²) in [5.41, 5.74) is 6.98. The van der Waals surface area contributed by atoms with Crippen molar-refractivity contribution in [1.29, 1.82) is 0 Å². The fourth-order valence-electron chi connectivity index (χ4n) is 1.44. The summed E-state index contributed by atoms with van der Waals surface area (Å²) in [7, 11) is 4.05. The van der Waals surface area contributed by atoms with Crippen molar-refractivity contribution >= 4 is 16.5 Å². The summed E-state index contributed by atoms with van der Waals surface area (Å²) in [4.78, 5) is 7.93. The van der Waals surface area contributed by atoms with Gasteiger partial charge in [-0.15, -0.1) is 11.3 Å².